The van der Waals surface area contributed by atoms with Gasteiger partial charge in [0.15, 0.2) is 0 Å². The Bertz CT molecular complexity index is 463. The highest BCUT2D eigenvalue weighted by Gasteiger charge is 2.23. The smallest absolute Gasteiger partial charge is 0.0514 e. The minimum Gasteiger partial charge on any atom is -0.365 e. The number of hydrogen-bond donors (Lipinski definition) is 1. The third-order valence-corrected chi connectivity index (χ3v) is 4.95. The molecule has 1 saturated heterocycles. The lowest BCUT2D eigenvalue weighted by Gasteiger charge is -2.40. The zero-order valence-electron chi connectivity index (χ0n) is 13.7. The van der Waals surface area contributed by atoms with Gasteiger partial charge in [0.1, 0.15) is 0 Å². The maximum atomic E-state index is 3.78. The van der Waals surface area contributed by atoms with E-state index in [4.69, 9.17) is 0 Å². The molecule has 1 aromatic rings. The summed E-state index contributed by atoms with van der Waals surface area (Å²) in [6.45, 7) is 11.2. The molecule has 2 atom stereocenters. The highest BCUT2D eigenvalue weighted by atomic mass is 79.9. The molecule has 0 aromatic heterocycles. The fraction of sp³-hybridized carbons (Fsp3) is 0.647. The number of anilines is 1. The van der Waals surface area contributed by atoms with Gasteiger partial charge in [0, 0.05) is 36.2 Å². The molecule has 118 valence electrons. The number of likely N-dealkylation sites (N-methyl/N-ethyl adjacent to an activating group) is 1. The van der Waals surface area contributed by atoms with Crippen LogP contribution in [0.3, 0.4) is 0 Å². The zero-order valence-corrected chi connectivity index (χ0v) is 15.3. The van der Waals surface area contributed by atoms with Crippen molar-refractivity contribution in [3.63, 3.8) is 0 Å². The van der Waals surface area contributed by atoms with Crippen molar-refractivity contribution in [1.82, 2.24) is 10.2 Å². The van der Waals surface area contributed by atoms with Crippen molar-refractivity contribution < 1.29 is 0 Å². The molecular formula is C17H28BrN3. The van der Waals surface area contributed by atoms with Crippen LogP contribution in [-0.4, -0.2) is 44.2 Å². The maximum absolute atomic E-state index is 3.78. The summed E-state index contributed by atoms with van der Waals surface area (Å²) in [6.07, 6.45) is 1.17. The van der Waals surface area contributed by atoms with Gasteiger partial charge in [-0.3, -0.25) is 0 Å². The average molecular weight is 354 g/mol. The summed E-state index contributed by atoms with van der Waals surface area (Å²) in [6, 6.07) is 7.76. The van der Waals surface area contributed by atoms with Crippen molar-refractivity contribution in [2.75, 3.05) is 38.1 Å². The van der Waals surface area contributed by atoms with Gasteiger partial charge in [-0.1, -0.05) is 13.0 Å². The van der Waals surface area contributed by atoms with Crippen molar-refractivity contribution in [2.24, 2.45) is 0 Å². The molecule has 4 heteroatoms. The van der Waals surface area contributed by atoms with E-state index >= 15 is 0 Å². The molecule has 2 unspecified atom stereocenters. The van der Waals surface area contributed by atoms with Gasteiger partial charge in [0.05, 0.1) is 5.69 Å². The third kappa shape index (κ3) is 4.21. The predicted octanol–water partition coefficient (Wildman–Crippen LogP) is 3.65. The van der Waals surface area contributed by atoms with Crippen molar-refractivity contribution >= 4 is 21.6 Å². The quantitative estimate of drug-likeness (QED) is 0.871. The van der Waals surface area contributed by atoms with Crippen LogP contribution < -0.4 is 10.2 Å². The van der Waals surface area contributed by atoms with Gasteiger partial charge >= 0.3 is 0 Å². The fourth-order valence-corrected chi connectivity index (χ4v) is 3.63. The Morgan fingerprint density at radius 1 is 1.38 bits per heavy atom. The first-order valence-corrected chi connectivity index (χ1v) is 8.80. The summed E-state index contributed by atoms with van der Waals surface area (Å²) < 4.78 is 1.21. The second-order valence-corrected chi connectivity index (χ2v) is 7.05. The molecule has 0 aliphatic carbocycles. The molecule has 1 aliphatic rings. The molecule has 1 N–H and O–H groups in total. The summed E-state index contributed by atoms with van der Waals surface area (Å²) in [5.41, 5.74) is 2.67. The second-order valence-electron chi connectivity index (χ2n) is 6.19. The van der Waals surface area contributed by atoms with E-state index in [1.165, 1.54) is 22.1 Å². The van der Waals surface area contributed by atoms with Gasteiger partial charge < -0.3 is 15.1 Å². The van der Waals surface area contributed by atoms with Crippen LogP contribution in [0.4, 0.5) is 5.69 Å². The Morgan fingerprint density at radius 3 is 2.76 bits per heavy atom. The lowest BCUT2D eigenvalue weighted by Crippen LogP contribution is -2.50. The van der Waals surface area contributed by atoms with Gasteiger partial charge in [-0.05, 0) is 67.5 Å². The minimum atomic E-state index is 0.403. The first kappa shape index (κ1) is 16.8. The lowest BCUT2D eigenvalue weighted by molar-refractivity contribution is 0.275. The first-order valence-electron chi connectivity index (χ1n) is 8.01. The van der Waals surface area contributed by atoms with E-state index in [1.54, 1.807) is 0 Å². The number of piperazine rings is 1. The monoisotopic (exact) mass is 353 g/mol. The van der Waals surface area contributed by atoms with Crippen LogP contribution in [0.1, 0.15) is 38.8 Å². The highest BCUT2D eigenvalue weighted by Crippen LogP contribution is 2.31. The molecule has 21 heavy (non-hydrogen) atoms. The van der Waals surface area contributed by atoms with Gasteiger partial charge in [-0.15, -0.1) is 0 Å². The molecule has 0 amide bonds. The summed E-state index contributed by atoms with van der Waals surface area (Å²) >= 11 is 3.78. The van der Waals surface area contributed by atoms with Crippen LogP contribution in [0.2, 0.25) is 0 Å². The van der Waals surface area contributed by atoms with E-state index in [-0.39, 0.29) is 0 Å². The fourth-order valence-electron chi connectivity index (χ4n) is 3.00. The molecule has 1 aliphatic heterocycles. The Labute approximate surface area is 137 Å². The van der Waals surface area contributed by atoms with Crippen LogP contribution in [0.15, 0.2) is 22.7 Å². The van der Waals surface area contributed by atoms with Gasteiger partial charge in [-0.2, -0.15) is 0 Å². The topological polar surface area (TPSA) is 18.5 Å². The van der Waals surface area contributed by atoms with Crippen LogP contribution in [0.5, 0.6) is 0 Å². The average Bonchev–Trinajstić information content (AvgIpc) is 2.45. The second kappa shape index (κ2) is 7.61. The molecule has 3 nitrogen and oxygen atoms in total. The van der Waals surface area contributed by atoms with Crippen LogP contribution in [0.25, 0.3) is 0 Å². The van der Waals surface area contributed by atoms with Gasteiger partial charge in [0.2, 0.25) is 0 Å². The molecule has 1 fully saturated rings. The lowest BCUT2D eigenvalue weighted by atomic mass is 10.1. The molecule has 2 rings (SSSR count). The Hall–Kier alpha value is -0.580. The Morgan fingerprint density at radius 2 is 2.14 bits per heavy atom. The van der Waals surface area contributed by atoms with Crippen LogP contribution >= 0.6 is 15.9 Å². The molecular weight excluding hydrogens is 326 g/mol. The first-order chi connectivity index (χ1) is 10.0. The Balaban J connectivity index is 2.12. The molecule has 1 aromatic carbocycles. The number of hydrogen-bond acceptors (Lipinski definition) is 3. The van der Waals surface area contributed by atoms with Crippen LogP contribution in [-0.2, 0) is 0 Å². The van der Waals surface area contributed by atoms with E-state index in [1.807, 2.05) is 0 Å². The number of halogens is 1. The van der Waals surface area contributed by atoms with Crippen molar-refractivity contribution in [1.29, 1.82) is 0 Å². The normalized spacial score (nSPS) is 21.6. The van der Waals surface area contributed by atoms with E-state index in [9.17, 15) is 0 Å². The SMILES string of the molecule is CCCNC(C)c1ccc(N2CCN(C)CC2C)c(Br)c1. The van der Waals surface area contributed by atoms with E-state index in [2.05, 4.69) is 77.1 Å². The van der Waals surface area contributed by atoms with Crippen molar-refractivity contribution in [3.05, 3.63) is 28.2 Å². The molecule has 1 heterocycles. The standard InChI is InChI=1S/C17H28BrN3/c1-5-8-19-14(3)15-6-7-17(16(18)11-15)21-10-9-20(4)12-13(21)2/h6-7,11,13-14,19H,5,8-10,12H2,1-4H3. The van der Waals surface area contributed by atoms with Crippen molar-refractivity contribution in [3.8, 4) is 0 Å². The zero-order chi connectivity index (χ0) is 15.4. The molecule has 0 saturated carbocycles. The number of rotatable bonds is 5. The van der Waals surface area contributed by atoms with Gasteiger partial charge in [0.25, 0.3) is 0 Å². The largest absolute Gasteiger partial charge is 0.365 e. The van der Waals surface area contributed by atoms with Crippen LogP contribution in [0, 0.1) is 0 Å². The van der Waals surface area contributed by atoms with Crippen molar-refractivity contribution in [2.45, 2.75) is 39.3 Å². The summed E-state index contributed by atoms with van der Waals surface area (Å²) in [7, 11) is 2.20. The summed E-state index contributed by atoms with van der Waals surface area (Å²) in [5.74, 6) is 0. The highest BCUT2D eigenvalue weighted by molar-refractivity contribution is 9.10. The molecule has 0 bridgehead atoms. The third-order valence-electron chi connectivity index (χ3n) is 4.31. The van der Waals surface area contributed by atoms with E-state index in [0.29, 0.717) is 12.1 Å². The number of benzene rings is 1. The minimum absolute atomic E-state index is 0.403. The summed E-state index contributed by atoms with van der Waals surface area (Å²) in [5, 5.41) is 3.55. The van der Waals surface area contributed by atoms with E-state index in [0.717, 1.165) is 26.2 Å². The van der Waals surface area contributed by atoms with Gasteiger partial charge in [-0.25, -0.2) is 0 Å². The van der Waals surface area contributed by atoms with E-state index < -0.39 is 0 Å². The number of nitrogens with zero attached hydrogens (tertiary/aromatic N) is 2. The molecule has 0 radical (unpaired) electrons. The summed E-state index contributed by atoms with van der Waals surface area (Å²) in [4.78, 5) is 4.91. The Kier molecular flexibility index (Phi) is 6.08. The predicted molar refractivity (Wildman–Crippen MR) is 95.2 cm³/mol. The molecule has 0 spiro atoms. The maximum Gasteiger partial charge on any atom is 0.0514 e. The number of nitrogens with one attached hydrogen (secondary N) is 1.